The molecule has 1 unspecified atom stereocenters. The van der Waals surface area contributed by atoms with E-state index in [1.54, 1.807) is 13.3 Å². The van der Waals surface area contributed by atoms with Crippen molar-refractivity contribution in [3.05, 3.63) is 23.0 Å². The van der Waals surface area contributed by atoms with Crippen LogP contribution < -0.4 is 10.1 Å². The summed E-state index contributed by atoms with van der Waals surface area (Å²) < 4.78 is 5.35. The van der Waals surface area contributed by atoms with E-state index in [4.69, 9.17) is 4.74 Å². The zero-order chi connectivity index (χ0) is 14.9. The molecule has 1 fully saturated rings. The van der Waals surface area contributed by atoms with Crippen LogP contribution in [0.2, 0.25) is 0 Å². The van der Waals surface area contributed by atoms with Gasteiger partial charge < -0.3 is 4.74 Å². The fourth-order valence-electron chi connectivity index (χ4n) is 2.38. The molecule has 1 aliphatic rings. The summed E-state index contributed by atoms with van der Waals surface area (Å²) in [5.41, 5.74) is 2.74. The summed E-state index contributed by atoms with van der Waals surface area (Å²) in [6.45, 7) is 4.30. The lowest BCUT2D eigenvalue weighted by Crippen LogP contribution is -2.37. The number of amides is 2. The minimum absolute atomic E-state index is 0.154. The van der Waals surface area contributed by atoms with E-state index in [0.717, 1.165) is 27.5 Å². The monoisotopic (exact) mass is 277 g/mol. The predicted molar refractivity (Wildman–Crippen MR) is 73.3 cm³/mol. The number of aromatic nitrogens is 1. The van der Waals surface area contributed by atoms with Crippen molar-refractivity contribution in [2.45, 2.75) is 32.9 Å². The van der Waals surface area contributed by atoms with E-state index >= 15 is 0 Å². The van der Waals surface area contributed by atoms with Gasteiger partial charge in [-0.2, -0.15) is 0 Å². The van der Waals surface area contributed by atoms with Crippen LogP contribution in [0.1, 0.15) is 23.2 Å². The molecule has 1 N–H and O–H groups in total. The number of ether oxygens (including phenoxy) is 1. The zero-order valence-electron chi connectivity index (χ0n) is 12.2. The van der Waals surface area contributed by atoms with Gasteiger partial charge >= 0.3 is 0 Å². The lowest BCUT2D eigenvalue weighted by atomic mass is 10.1. The third-order valence-corrected chi connectivity index (χ3v) is 3.65. The van der Waals surface area contributed by atoms with Crippen molar-refractivity contribution in [1.82, 2.24) is 15.2 Å². The van der Waals surface area contributed by atoms with E-state index in [1.807, 2.05) is 13.8 Å². The number of likely N-dealkylation sites (N-methyl/N-ethyl adjacent to an activating group) is 1. The zero-order valence-corrected chi connectivity index (χ0v) is 12.2. The van der Waals surface area contributed by atoms with E-state index in [9.17, 15) is 9.59 Å². The molecular weight excluding hydrogens is 258 g/mol. The molecule has 108 valence electrons. The van der Waals surface area contributed by atoms with E-state index in [1.165, 1.54) is 7.05 Å². The molecule has 1 atom stereocenters. The molecule has 2 amide bonds. The van der Waals surface area contributed by atoms with Crippen molar-refractivity contribution in [3.63, 3.8) is 0 Å². The molecule has 1 saturated heterocycles. The highest BCUT2D eigenvalue weighted by Gasteiger charge is 2.35. The molecule has 1 aliphatic heterocycles. The van der Waals surface area contributed by atoms with Gasteiger partial charge in [-0.25, -0.2) is 0 Å². The fraction of sp³-hybridized carbons (Fsp3) is 0.500. The van der Waals surface area contributed by atoms with E-state index in [2.05, 4.69) is 10.3 Å². The molecule has 6 nitrogen and oxygen atoms in total. The third kappa shape index (κ3) is 2.51. The first-order chi connectivity index (χ1) is 9.45. The van der Waals surface area contributed by atoms with Crippen molar-refractivity contribution in [2.75, 3.05) is 14.2 Å². The van der Waals surface area contributed by atoms with Gasteiger partial charge in [0.1, 0.15) is 5.75 Å². The van der Waals surface area contributed by atoms with Gasteiger partial charge in [0.15, 0.2) is 0 Å². The Morgan fingerprint density at radius 2 is 2.15 bits per heavy atom. The topological polar surface area (TPSA) is 71.5 Å². The average molecular weight is 277 g/mol. The molecule has 1 aromatic heterocycles. The highest BCUT2D eigenvalue weighted by molar-refractivity contribution is 6.05. The van der Waals surface area contributed by atoms with Crippen LogP contribution in [0, 0.1) is 13.8 Å². The van der Waals surface area contributed by atoms with Gasteiger partial charge in [-0.15, -0.1) is 0 Å². The maximum Gasteiger partial charge on any atom is 0.246 e. The Balaban J connectivity index is 2.09. The van der Waals surface area contributed by atoms with E-state index in [0.29, 0.717) is 6.54 Å². The molecule has 1 aromatic rings. The number of hydrogen-bond acceptors (Lipinski definition) is 5. The summed E-state index contributed by atoms with van der Waals surface area (Å²) in [5, 5.41) is 3.09. The second-order valence-corrected chi connectivity index (χ2v) is 4.97. The number of nitrogens with zero attached hydrogens (tertiary/aromatic N) is 2. The van der Waals surface area contributed by atoms with Crippen molar-refractivity contribution in [1.29, 1.82) is 0 Å². The molecule has 0 aliphatic carbocycles. The number of carbonyl (C=O) groups excluding carboxylic acids is 2. The Morgan fingerprint density at radius 3 is 2.70 bits per heavy atom. The number of hydrogen-bond donors (Lipinski definition) is 1. The summed E-state index contributed by atoms with van der Waals surface area (Å²) in [6.07, 6.45) is 1.95. The van der Waals surface area contributed by atoms with Crippen LogP contribution in [0.4, 0.5) is 0 Å². The fourth-order valence-corrected chi connectivity index (χ4v) is 2.38. The largest absolute Gasteiger partial charge is 0.496 e. The van der Waals surface area contributed by atoms with E-state index < -0.39 is 6.04 Å². The number of rotatable bonds is 4. The quantitative estimate of drug-likeness (QED) is 0.814. The van der Waals surface area contributed by atoms with Gasteiger partial charge in [0.2, 0.25) is 11.8 Å². The summed E-state index contributed by atoms with van der Waals surface area (Å²) in [4.78, 5) is 28.8. The smallest absolute Gasteiger partial charge is 0.246 e. The summed E-state index contributed by atoms with van der Waals surface area (Å²) in [5.74, 6) is 0.466. The van der Waals surface area contributed by atoms with E-state index in [-0.39, 0.29) is 18.2 Å². The predicted octanol–water partition coefficient (Wildman–Crippen LogP) is 0.554. The van der Waals surface area contributed by atoms with Gasteiger partial charge in [0.05, 0.1) is 25.3 Å². The van der Waals surface area contributed by atoms with Crippen LogP contribution in [0.25, 0.3) is 0 Å². The van der Waals surface area contributed by atoms with Crippen LogP contribution in [0.15, 0.2) is 6.20 Å². The Labute approximate surface area is 118 Å². The minimum atomic E-state index is -0.457. The first-order valence-electron chi connectivity index (χ1n) is 6.48. The number of likely N-dealkylation sites (tertiary alicyclic amines) is 1. The number of aryl methyl sites for hydroxylation is 1. The molecule has 0 bridgehead atoms. The normalized spacial score (nSPS) is 18.8. The molecule has 6 heteroatoms. The summed E-state index contributed by atoms with van der Waals surface area (Å²) >= 11 is 0. The number of imide groups is 1. The Morgan fingerprint density at radius 1 is 1.45 bits per heavy atom. The van der Waals surface area contributed by atoms with Crippen molar-refractivity contribution < 1.29 is 14.3 Å². The number of pyridine rings is 1. The molecule has 2 rings (SSSR count). The molecular formula is C14H19N3O3. The number of nitrogens with one attached hydrogen (secondary N) is 1. The summed E-state index contributed by atoms with van der Waals surface area (Å²) in [7, 11) is 3.13. The van der Waals surface area contributed by atoms with Crippen LogP contribution in [-0.2, 0) is 16.1 Å². The molecule has 0 saturated carbocycles. The van der Waals surface area contributed by atoms with Gasteiger partial charge in [0.25, 0.3) is 0 Å². The average Bonchev–Trinajstić information content (AvgIpc) is 2.66. The molecule has 20 heavy (non-hydrogen) atoms. The van der Waals surface area contributed by atoms with Gasteiger partial charge in [-0.1, -0.05) is 0 Å². The maximum atomic E-state index is 11.8. The minimum Gasteiger partial charge on any atom is -0.496 e. The van der Waals surface area contributed by atoms with Gasteiger partial charge in [0, 0.05) is 30.9 Å². The Kier molecular flexibility index (Phi) is 4.04. The van der Waals surface area contributed by atoms with Crippen LogP contribution in [-0.4, -0.2) is 41.9 Å². The maximum absolute atomic E-state index is 11.8. The molecule has 0 spiro atoms. The van der Waals surface area contributed by atoms with Crippen LogP contribution in [0.5, 0.6) is 5.75 Å². The number of carbonyl (C=O) groups is 2. The third-order valence-electron chi connectivity index (χ3n) is 3.65. The number of methoxy groups -OCH3 is 1. The molecule has 2 heterocycles. The SMILES string of the molecule is COc1c(C)cnc(CNC2CC(=O)N(C)C2=O)c1C. The first kappa shape index (κ1) is 14.5. The highest BCUT2D eigenvalue weighted by atomic mass is 16.5. The Bertz CT molecular complexity index is 557. The van der Waals surface area contributed by atoms with Crippen molar-refractivity contribution in [2.24, 2.45) is 0 Å². The summed E-state index contributed by atoms with van der Waals surface area (Å²) in [6, 6.07) is -0.457. The highest BCUT2D eigenvalue weighted by Crippen LogP contribution is 2.24. The second kappa shape index (κ2) is 5.58. The second-order valence-electron chi connectivity index (χ2n) is 4.97. The van der Waals surface area contributed by atoms with Gasteiger partial charge in [-0.05, 0) is 13.8 Å². The lowest BCUT2D eigenvalue weighted by Gasteiger charge is -2.14. The first-order valence-corrected chi connectivity index (χ1v) is 6.48. The van der Waals surface area contributed by atoms with Crippen molar-refractivity contribution in [3.8, 4) is 5.75 Å². The standard InChI is InChI=1S/C14H19N3O3/c1-8-6-15-11(9(2)13(8)20-4)7-16-10-5-12(18)17(3)14(10)19/h6,10,16H,5,7H2,1-4H3. The molecule has 0 aromatic carbocycles. The Hall–Kier alpha value is -1.95. The van der Waals surface area contributed by atoms with Gasteiger partial charge in [-0.3, -0.25) is 24.8 Å². The van der Waals surface area contributed by atoms with Crippen LogP contribution in [0.3, 0.4) is 0 Å². The van der Waals surface area contributed by atoms with Crippen molar-refractivity contribution >= 4 is 11.8 Å². The molecule has 0 radical (unpaired) electrons. The van der Waals surface area contributed by atoms with Crippen LogP contribution >= 0.6 is 0 Å². The lowest BCUT2D eigenvalue weighted by molar-refractivity contribution is -0.137.